The summed E-state index contributed by atoms with van der Waals surface area (Å²) in [5, 5.41) is 0. The van der Waals surface area contributed by atoms with Crippen molar-refractivity contribution in [2.75, 3.05) is 14.2 Å². The Bertz CT molecular complexity index is 611. The van der Waals surface area contributed by atoms with Crippen LogP contribution < -0.4 is 4.74 Å². The Labute approximate surface area is 127 Å². The minimum atomic E-state index is -0.0838. The fourth-order valence-electron chi connectivity index (χ4n) is 2.00. The zero-order valence-corrected chi connectivity index (χ0v) is 13.2. The van der Waals surface area contributed by atoms with E-state index in [1.807, 2.05) is 31.2 Å². The Morgan fingerprint density at radius 1 is 1.30 bits per heavy atom. The molecule has 2 aromatic rings. The van der Waals surface area contributed by atoms with E-state index in [2.05, 4.69) is 0 Å². The third kappa shape index (κ3) is 2.97. The minimum Gasteiger partial charge on any atom is -0.496 e. The lowest BCUT2D eigenvalue weighted by Gasteiger charge is -2.26. The van der Waals surface area contributed by atoms with Crippen LogP contribution in [0.1, 0.15) is 28.2 Å². The lowest BCUT2D eigenvalue weighted by atomic mass is 10.1. The first-order chi connectivity index (χ1) is 9.54. The summed E-state index contributed by atoms with van der Waals surface area (Å²) < 4.78 is 5.97. The largest absolute Gasteiger partial charge is 0.496 e. The molecule has 1 unspecified atom stereocenters. The predicted octanol–water partition coefficient (Wildman–Crippen LogP) is 4.24. The molecule has 0 saturated heterocycles. The first-order valence-corrected chi connectivity index (χ1v) is 7.39. The summed E-state index contributed by atoms with van der Waals surface area (Å²) in [5.41, 5.74) is 0.980. The standard InChI is InChI=1S/C15H16ClNO2S/c1-10(11-6-4-5-7-12(11)19-3)17(2)15(18)13-8-9-14(16)20-13/h4-10H,1-3H3. The summed E-state index contributed by atoms with van der Waals surface area (Å²) in [6, 6.07) is 11.1. The van der Waals surface area contributed by atoms with Gasteiger partial charge in [-0.05, 0) is 25.1 Å². The molecule has 1 atom stereocenters. The number of methoxy groups -OCH3 is 1. The molecule has 3 nitrogen and oxygen atoms in total. The van der Waals surface area contributed by atoms with E-state index in [-0.39, 0.29) is 11.9 Å². The Balaban J connectivity index is 2.24. The van der Waals surface area contributed by atoms with Gasteiger partial charge in [0.05, 0.1) is 22.4 Å². The Hall–Kier alpha value is -1.52. The second-order valence-corrected chi connectivity index (χ2v) is 6.15. The number of hydrogen-bond acceptors (Lipinski definition) is 3. The van der Waals surface area contributed by atoms with E-state index >= 15 is 0 Å². The summed E-state index contributed by atoms with van der Waals surface area (Å²) in [5.74, 6) is 0.740. The molecule has 106 valence electrons. The molecule has 0 aliphatic heterocycles. The molecule has 1 amide bonds. The van der Waals surface area contributed by atoms with Gasteiger partial charge in [-0.15, -0.1) is 11.3 Å². The van der Waals surface area contributed by atoms with Crippen LogP contribution in [0.25, 0.3) is 0 Å². The molecule has 0 aliphatic carbocycles. The van der Waals surface area contributed by atoms with E-state index < -0.39 is 0 Å². The van der Waals surface area contributed by atoms with Crippen molar-refractivity contribution in [3.8, 4) is 5.75 Å². The molecule has 0 aliphatic rings. The van der Waals surface area contributed by atoms with Gasteiger partial charge in [0.15, 0.2) is 0 Å². The van der Waals surface area contributed by atoms with Crippen molar-refractivity contribution >= 4 is 28.8 Å². The number of ether oxygens (including phenoxy) is 1. The number of carbonyl (C=O) groups excluding carboxylic acids is 1. The summed E-state index contributed by atoms with van der Waals surface area (Å²) in [6.45, 7) is 1.98. The molecule has 0 spiro atoms. The zero-order chi connectivity index (χ0) is 14.7. The maximum atomic E-state index is 12.4. The van der Waals surface area contributed by atoms with Crippen molar-refractivity contribution in [1.29, 1.82) is 0 Å². The first-order valence-electron chi connectivity index (χ1n) is 6.20. The van der Waals surface area contributed by atoms with Gasteiger partial charge in [-0.3, -0.25) is 4.79 Å². The highest BCUT2D eigenvalue weighted by atomic mass is 35.5. The molecule has 0 bridgehead atoms. The number of benzene rings is 1. The smallest absolute Gasteiger partial charge is 0.264 e. The first kappa shape index (κ1) is 14.9. The predicted molar refractivity (Wildman–Crippen MR) is 82.8 cm³/mol. The summed E-state index contributed by atoms with van der Waals surface area (Å²) in [4.78, 5) is 14.7. The lowest BCUT2D eigenvalue weighted by Crippen LogP contribution is -2.29. The maximum Gasteiger partial charge on any atom is 0.264 e. The van der Waals surface area contributed by atoms with E-state index in [9.17, 15) is 4.79 Å². The van der Waals surface area contributed by atoms with Crippen LogP contribution in [0.2, 0.25) is 4.34 Å². The number of amides is 1. The molecule has 20 heavy (non-hydrogen) atoms. The average molecular weight is 310 g/mol. The second kappa shape index (κ2) is 6.29. The quantitative estimate of drug-likeness (QED) is 0.845. The van der Waals surface area contributed by atoms with E-state index in [0.29, 0.717) is 9.21 Å². The number of halogens is 1. The fraction of sp³-hybridized carbons (Fsp3) is 0.267. The third-order valence-electron chi connectivity index (χ3n) is 3.27. The van der Waals surface area contributed by atoms with Crippen molar-refractivity contribution in [1.82, 2.24) is 4.90 Å². The zero-order valence-electron chi connectivity index (χ0n) is 11.6. The van der Waals surface area contributed by atoms with Crippen LogP contribution in [0.5, 0.6) is 5.75 Å². The Morgan fingerprint density at radius 3 is 2.60 bits per heavy atom. The summed E-state index contributed by atoms with van der Waals surface area (Å²) in [7, 11) is 3.42. The second-order valence-electron chi connectivity index (χ2n) is 4.44. The van der Waals surface area contributed by atoms with E-state index in [0.717, 1.165) is 11.3 Å². The van der Waals surface area contributed by atoms with Crippen molar-refractivity contribution in [2.24, 2.45) is 0 Å². The van der Waals surface area contributed by atoms with Crippen LogP contribution in [0.3, 0.4) is 0 Å². The number of hydrogen-bond donors (Lipinski definition) is 0. The highest BCUT2D eigenvalue weighted by molar-refractivity contribution is 7.17. The van der Waals surface area contributed by atoms with Gasteiger partial charge in [0.2, 0.25) is 0 Å². The van der Waals surface area contributed by atoms with Gasteiger partial charge >= 0.3 is 0 Å². The number of rotatable bonds is 4. The van der Waals surface area contributed by atoms with Crippen LogP contribution >= 0.6 is 22.9 Å². The third-order valence-corrected chi connectivity index (χ3v) is 4.49. The molecule has 0 fully saturated rings. The van der Waals surface area contributed by atoms with Crippen molar-refractivity contribution < 1.29 is 9.53 Å². The number of para-hydroxylation sites is 1. The van der Waals surface area contributed by atoms with Crippen LogP contribution in [-0.4, -0.2) is 25.0 Å². The molecule has 1 aromatic carbocycles. The van der Waals surface area contributed by atoms with Crippen LogP contribution in [0.4, 0.5) is 0 Å². The van der Waals surface area contributed by atoms with Gasteiger partial charge in [0, 0.05) is 12.6 Å². The molecule has 1 aromatic heterocycles. The van der Waals surface area contributed by atoms with Gasteiger partial charge in [0.1, 0.15) is 5.75 Å². The van der Waals surface area contributed by atoms with Crippen LogP contribution in [0, 0.1) is 0 Å². The van der Waals surface area contributed by atoms with Crippen molar-refractivity contribution in [2.45, 2.75) is 13.0 Å². The number of carbonyl (C=O) groups is 1. The monoisotopic (exact) mass is 309 g/mol. The van der Waals surface area contributed by atoms with Crippen molar-refractivity contribution in [3.05, 3.63) is 51.2 Å². The van der Waals surface area contributed by atoms with Gasteiger partial charge in [0.25, 0.3) is 5.91 Å². The number of thiophene rings is 1. The molecule has 2 rings (SSSR count). The minimum absolute atomic E-state index is 0.0414. The summed E-state index contributed by atoms with van der Waals surface area (Å²) in [6.07, 6.45) is 0. The van der Waals surface area contributed by atoms with Gasteiger partial charge < -0.3 is 9.64 Å². The van der Waals surface area contributed by atoms with E-state index in [4.69, 9.17) is 16.3 Å². The van der Waals surface area contributed by atoms with Crippen LogP contribution in [0.15, 0.2) is 36.4 Å². The molecule has 5 heteroatoms. The highest BCUT2D eigenvalue weighted by Crippen LogP contribution is 2.30. The molecule has 0 N–H and O–H groups in total. The molecule has 0 saturated carbocycles. The number of nitrogens with zero attached hydrogens (tertiary/aromatic N) is 1. The topological polar surface area (TPSA) is 29.5 Å². The normalized spacial score (nSPS) is 12.0. The van der Waals surface area contributed by atoms with Gasteiger partial charge in [-0.1, -0.05) is 29.8 Å². The summed E-state index contributed by atoms with van der Waals surface area (Å²) >= 11 is 7.17. The van der Waals surface area contributed by atoms with Crippen LogP contribution in [-0.2, 0) is 0 Å². The maximum absolute atomic E-state index is 12.4. The average Bonchev–Trinajstić information content (AvgIpc) is 2.91. The molecule has 1 heterocycles. The fourth-order valence-corrected chi connectivity index (χ4v) is 3.03. The van der Waals surface area contributed by atoms with E-state index in [1.54, 1.807) is 31.2 Å². The van der Waals surface area contributed by atoms with Gasteiger partial charge in [-0.2, -0.15) is 0 Å². The van der Waals surface area contributed by atoms with Gasteiger partial charge in [-0.25, -0.2) is 0 Å². The Morgan fingerprint density at radius 2 is 2.00 bits per heavy atom. The molecular formula is C15H16ClNO2S. The van der Waals surface area contributed by atoms with E-state index in [1.165, 1.54) is 11.3 Å². The molecule has 0 radical (unpaired) electrons. The Kier molecular flexibility index (Phi) is 4.68. The SMILES string of the molecule is COc1ccccc1C(C)N(C)C(=O)c1ccc(Cl)s1. The lowest BCUT2D eigenvalue weighted by molar-refractivity contribution is 0.0746. The highest BCUT2D eigenvalue weighted by Gasteiger charge is 2.22. The molecular weight excluding hydrogens is 294 g/mol. The van der Waals surface area contributed by atoms with Crippen molar-refractivity contribution in [3.63, 3.8) is 0 Å².